The molecule has 12 heteroatoms. The van der Waals surface area contributed by atoms with Crippen LogP contribution in [0.5, 0.6) is 5.75 Å². The molecule has 1 aliphatic heterocycles. The van der Waals surface area contributed by atoms with Crippen LogP contribution in [0.25, 0.3) is 11.2 Å². The molecule has 186 valence electrons. The van der Waals surface area contributed by atoms with Crippen molar-refractivity contribution in [1.29, 1.82) is 0 Å². The minimum absolute atomic E-state index is 0.305. The van der Waals surface area contributed by atoms with E-state index in [1.165, 1.54) is 17.2 Å². The Morgan fingerprint density at radius 2 is 2.00 bits per heavy atom. The van der Waals surface area contributed by atoms with Crippen LogP contribution in [0.4, 0.5) is 5.82 Å². The second-order valence-electron chi connectivity index (χ2n) is 8.43. The number of carboxylic acid groups (broad SMARTS) is 1. The van der Waals surface area contributed by atoms with Gasteiger partial charge >= 0.3 is 5.97 Å². The Morgan fingerprint density at radius 3 is 2.75 bits per heavy atom. The summed E-state index contributed by atoms with van der Waals surface area (Å²) in [5.41, 5.74) is 9.19. The first kappa shape index (κ1) is 23.6. The van der Waals surface area contributed by atoms with Gasteiger partial charge in [0.25, 0.3) is 0 Å². The molecule has 0 spiro atoms. The molecule has 1 aliphatic rings. The smallest absolute Gasteiger partial charge is 0.334 e. The van der Waals surface area contributed by atoms with Gasteiger partial charge in [0.1, 0.15) is 30.5 Å². The second kappa shape index (κ2) is 9.85. The fraction of sp³-hybridized carbons (Fsp3) is 0.292. The van der Waals surface area contributed by atoms with Gasteiger partial charge in [0.15, 0.2) is 29.3 Å². The van der Waals surface area contributed by atoms with Gasteiger partial charge in [-0.1, -0.05) is 30.3 Å². The number of nitrogens with two attached hydrogens (primary N) is 1. The van der Waals surface area contributed by atoms with Crippen molar-refractivity contribution in [3.8, 4) is 5.75 Å². The lowest BCUT2D eigenvalue weighted by molar-refractivity contribution is -0.152. The summed E-state index contributed by atoms with van der Waals surface area (Å²) in [6.45, 7) is 2.61. The van der Waals surface area contributed by atoms with Crippen molar-refractivity contribution in [1.82, 2.24) is 24.5 Å². The van der Waals surface area contributed by atoms with Crippen LogP contribution in [0.2, 0.25) is 0 Å². The first-order valence-electron chi connectivity index (χ1n) is 11.3. The minimum Gasteiger partial charge on any atom is -0.487 e. The number of aromatic nitrogens is 5. The van der Waals surface area contributed by atoms with E-state index >= 15 is 0 Å². The van der Waals surface area contributed by atoms with Gasteiger partial charge in [-0.05, 0) is 24.6 Å². The third kappa shape index (κ3) is 4.56. The molecule has 1 aromatic carbocycles. The molecular weight excluding hydrogens is 466 g/mol. The zero-order valence-electron chi connectivity index (χ0n) is 19.4. The van der Waals surface area contributed by atoms with E-state index in [1.807, 2.05) is 49.4 Å². The third-order valence-corrected chi connectivity index (χ3v) is 5.93. The molecule has 0 aliphatic carbocycles. The Morgan fingerprint density at radius 1 is 1.19 bits per heavy atom. The molecule has 0 unspecified atom stereocenters. The van der Waals surface area contributed by atoms with Crippen LogP contribution in [0.15, 0.2) is 55.1 Å². The van der Waals surface area contributed by atoms with Crippen molar-refractivity contribution < 1.29 is 24.5 Å². The largest absolute Gasteiger partial charge is 0.487 e. The van der Waals surface area contributed by atoms with Gasteiger partial charge < -0.3 is 30.7 Å². The van der Waals surface area contributed by atoms with Crippen molar-refractivity contribution in [3.63, 3.8) is 0 Å². The number of anilines is 1. The van der Waals surface area contributed by atoms with Crippen LogP contribution in [0, 0.1) is 6.92 Å². The second-order valence-corrected chi connectivity index (χ2v) is 8.43. The van der Waals surface area contributed by atoms with Crippen molar-refractivity contribution in [2.45, 2.75) is 44.6 Å². The molecule has 1 fully saturated rings. The van der Waals surface area contributed by atoms with Gasteiger partial charge in [-0.3, -0.25) is 9.55 Å². The molecular formula is C24H25N7O5. The lowest BCUT2D eigenvalue weighted by Crippen LogP contribution is -2.43. The number of fused-ring (bicyclic) bond motifs is 1. The number of benzene rings is 1. The predicted molar refractivity (Wildman–Crippen MR) is 128 cm³/mol. The number of nitrogens with zero attached hydrogens (tertiary/aromatic N) is 5. The average molecular weight is 492 g/mol. The first-order chi connectivity index (χ1) is 17.4. The number of carbonyl (C=O) groups is 1. The average Bonchev–Trinajstić information content (AvgIpc) is 3.44. The molecule has 1 saturated heterocycles. The van der Waals surface area contributed by atoms with Gasteiger partial charge in [-0.15, -0.1) is 0 Å². The summed E-state index contributed by atoms with van der Waals surface area (Å²) in [7, 11) is 0. The lowest BCUT2D eigenvalue weighted by atomic mass is 10.1. The summed E-state index contributed by atoms with van der Waals surface area (Å²) in [5, 5.41) is 23.0. The summed E-state index contributed by atoms with van der Waals surface area (Å²) in [6.07, 6.45) is -0.895. The zero-order valence-corrected chi connectivity index (χ0v) is 19.4. The van der Waals surface area contributed by atoms with E-state index in [0.29, 0.717) is 41.6 Å². The number of imidazole rings is 1. The van der Waals surface area contributed by atoms with Crippen LogP contribution < -0.4 is 15.8 Å². The van der Waals surface area contributed by atoms with Gasteiger partial charge in [0.05, 0.1) is 18.9 Å². The number of carboxylic acids is 1. The number of aryl methyl sites for hydroxylation is 1. The van der Waals surface area contributed by atoms with Crippen LogP contribution in [0.1, 0.15) is 23.2 Å². The monoisotopic (exact) mass is 491 g/mol. The van der Waals surface area contributed by atoms with Gasteiger partial charge in [-0.2, -0.15) is 0 Å². The molecule has 36 heavy (non-hydrogen) atoms. The van der Waals surface area contributed by atoms with Crippen molar-refractivity contribution in [3.05, 3.63) is 72.1 Å². The zero-order chi connectivity index (χ0) is 25.2. The van der Waals surface area contributed by atoms with Crippen molar-refractivity contribution >= 4 is 23.0 Å². The molecule has 3 aromatic heterocycles. The predicted octanol–water partition coefficient (Wildman–Crippen LogP) is 1.39. The van der Waals surface area contributed by atoms with E-state index in [0.717, 1.165) is 11.3 Å². The number of aliphatic carboxylic acids is 1. The van der Waals surface area contributed by atoms with E-state index < -0.39 is 30.4 Å². The lowest BCUT2D eigenvalue weighted by Gasteiger charge is -2.16. The normalized spacial score (nSPS) is 21.5. The highest BCUT2D eigenvalue weighted by atomic mass is 16.6. The number of hydrogen-bond donors (Lipinski definition) is 4. The van der Waals surface area contributed by atoms with Crippen LogP contribution in [0.3, 0.4) is 0 Å². The molecule has 4 aromatic rings. The summed E-state index contributed by atoms with van der Waals surface area (Å²) in [5.74, 6) is -0.173. The Kier molecular flexibility index (Phi) is 6.46. The molecule has 5 rings (SSSR count). The van der Waals surface area contributed by atoms with Gasteiger partial charge in [0.2, 0.25) is 0 Å². The maximum atomic E-state index is 11.4. The number of hydrogen-bond acceptors (Lipinski definition) is 10. The standard InChI is InChI=1S/C24H25N7O5/c1-13-7-8-16(35-10-14-5-3-2-4-6-14)15(30-13)9-26-21-18-22(28-11-27-21)31(12-29-18)23-19(32)17(25)20(36-23)24(33)34/h2-8,11-12,17,19-20,23,32H,9-10,25H2,1H3,(H,33,34)(H,26,27,28)/t17-,19+,20-,23+/m0/s1. The molecule has 0 radical (unpaired) electrons. The van der Waals surface area contributed by atoms with Crippen LogP contribution in [-0.2, 0) is 22.7 Å². The molecule has 0 amide bonds. The minimum atomic E-state index is -1.34. The number of rotatable bonds is 8. The molecule has 0 bridgehead atoms. The molecule has 5 N–H and O–H groups in total. The van der Waals surface area contributed by atoms with E-state index in [2.05, 4.69) is 25.3 Å². The molecule has 4 heterocycles. The SMILES string of the molecule is Cc1ccc(OCc2ccccc2)c(CNc2ncnc3c2ncn3[C@@H]2O[C@H](C(=O)O)[C@@H](N)[C@H]2O)n1. The molecule has 0 saturated carbocycles. The summed E-state index contributed by atoms with van der Waals surface area (Å²) < 4.78 is 13.0. The topological polar surface area (TPSA) is 171 Å². The highest BCUT2D eigenvalue weighted by molar-refractivity contribution is 5.82. The van der Waals surface area contributed by atoms with Crippen LogP contribution >= 0.6 is 0 Å². The number of pyridine rings is 1. The summed E-state index contributed by atoms with van der Waals surface area (Å²) >= 11 is 0. The summed E-state index contributed by atoms with van der Waals surface area (Å²) in [6, 6.07) is 12.5. The van der Waals surface area contributed by atoms with Gasteiger partial charge in [0, 0.05) is 5.69 Å². The fourth-order valence-electron chi connectivity index (χ4n) is 4.07. The molecule has 4 atom stereocenters. The first-order valence-corrected chi connectivity index (χ1v) is 11.3. The fourth-order valence-corrected chi connectivity index (χ4v) is 4.07. The summed E-state index contributed by atoms with van der Waals surface area (Å²) in [4.78, 5) is 28.9. The van der Waals surface area contributed by atoms with E-state index in [1.54, 1.807) is 0 Å². The number of aliphatic hydroxyl groups excluding tert-OH is 1. The van der Waals surface area contributed by atoms with Crippen molar-refractivity contribution in [2.75, 3.05) is 5.32 Å². The highest BCUT2D eigenvalue weighted by Gasteiger charge is 2.46. The van der Waals surface area contributed by atoms with Gasteiger partial charge in [-0.25, -0.2) is 19.7 Å². The number of ether oxygens (including phenoxy) is 2. The Bertz CT molecular complexity index is 1380. The number of nitrogens with one attached hydrogen (secondary N) is 1. The Labute approximate surface area is 205 Å². The highest BCUT2D eigenvalue weighted by Crippen LogP contribution is 2.31. The van der Waals surface area contributed by atoms with E-state index in [-0.39, 0.29) is 0 Å². The molecule has 12 nitrogen and oxygen atoms in total. The number of aliphatic hydroxyl groups is 1. The van der Waals surface area contributed by atoms with Crippen molar-refractivity contribution in [2.24, 2.45) is 5.73 Å². The quantitative estimate of drug-likeness (QED) is 0.281. The Hall–Kier alpha value is -4.13. The third-order valence-electron chi connectivity index (χ3n) is 5.93. The maximum Gasteiger partial charge on any atom is 0.334 e. The maximum absolute atomic E-state index is 11.4. The van der Waals surface area contributed by atoms with E-state index in [9.17, 15) is 15.0 Å². The van der Waals surface area contributed by atoms with Crippen LogP contribution in [-0.4, -0.2) is 58.9 Å². The van der Waals surface area contributed by atoms with E-state index in [4.69, 9.17) is 15.2 Å². The Balaban J connectivity index is 1.36.